The largest absolute Gasteiger partial charge is 0.478 e. The van der Waals surface area contributed by atoms with E-state index in [1.807, 2.05) is 0 Å². The number of carboxylic acid groups (broad SMARTS) is 1. The first kappa shape index (κ1) is 10.2. The smallest absolute Gasteiger partial charge is 0.339 e. The molecule has 4 nitrogen and oxygen atoms in total. The van der Waals surface area contributed by atoms with Crippen LogP contribution >= 0.6 is 22.9 Å². The second-order valence-electron chi connectivity index (χ2n) is 2.96. The van der Waals surface area contributed by atoms with E-state index in [9.17, 15) is 4.79 Å². The third-order valence-corrected chi connectivity index (χ3v) is 3.25. The number of nitrogens with zero attached hydrogens (tertiary/aromatic N) is 2. The maximum Gasteiger partial charge on any atom is 0.339 e. The molecule has 0 radical (unpaired) electrons. The molecule has 0 aliphatic carbocycles. The summed E-state index contributed by atoms with van der Waals surface area (Å²) >= 11 is 7.19. The van der Waals surface area contributed by atoms with Crippen molar-refractivity contribution in [3.63, 3.8) is 0 Å². The monoisotopic (exact) mass is 242 g/mol. The van der Waals surface area contributed by atoms with E-state index in [2.05, 4.69) is 5.10 Å². The van der Waals surface area contributed by atoms with Crippen LogP contribution in [-0.4, -0.2) is 20.9 Å². The van der Waals surface area contributed by atoms with Crippen molar-refractivity contribution in [3.05, 3.63) is 28.2 Å². The van der Waals surface area contributed by atoms with Gasteiger partial charge in [-0.2, -0.15) is 5.10 Å². The van der Waals surface area contributed by atoms with Crippen LogP contribution in [0.2, 0.25) is 5.02 Å². The van der Waals surface area contributed by atoms with Gasteiger partial charge in [0, 0.05) is 12.4 Å². The summed E-state index contributed by atoms with van der Waals surface area (Å²) in [5.41, 5.74) is 0.774. The zero-order valence-corrected chi connectivity index (χ0v) is 9.34. The van der Waals surface area contributed by atoms with Crippen molar-refractivity contribution < 1.29 is 9.90 Å². The molecule has 2 aromatic rings. The zero-order valence-electron chi connectivity index (χ0n) is 7.77. The summed E-state index contributed by atoms with van der Waals surface area (Å²) in [4.78, 5) is 11.7. The van der Waals surface area contributed by atoms with Crippen LogP contribution in [0.15, 0.2) is 17.6 Å². The van der Waals surface area contributed by atoms with Crippen molar-refractivity contribution >= 4 is 28.9 Å². The first-order valence-electron chi connectivity index (χ1n) is 4.09. The fraction of sp³-hybridized carbons (Fsp3) is 0.111. The number of rotatable bonds is 2. The standard InChI is InChI=1S/C9H7ClN2O2S/c1-12-8(6(3-11-12)9(13)14)7-2-5(10)4-15-7/h2-4H,1H3,(H,13,14). The fourth-order valence-corrected chi connectivity index (χ4v) is 2.49. The number of aromatic carboxylic acids is 1. The number of aryl methyl sites for hydroxylation is 1. The molecule has 78 valence electrons. The lowest BCUT2D eigenvalue weighted by Crippen LogP contribution is -1.99. The van der Waals surface area contributed by atoms with Gasteiger partial charge < -0.3 is 5.11 Å². The highest BCUT2D eigenvalue weighted by Crippen LogP contribution is 2.31. The molecule has 0 fully saturated rings. The first-order valence-corrected chi connectivity index (χ1v) is 5.35. The van der Waals surface area contributed by atoms with Gasteiger partial charge in [-0.1, -0.05) is 11.6 Å². The maximum atomic E-state index is 10.9. The van der Waals surface area contributed by atoms with E-state index in [4.69, 9.17) is 16.7 Å². The summed E-state index contributed by atoms with van der Waals surface area (Å²) in [5, 5.41) is 15.3. The second kappa shape index (κ2) is 3.67. The summed E-state index contributed by atoms with van der Waals surface area (Å²) in [7, 11) is 1.70. The molecule has 15 heavy (non-hydrogen) atoms. The molecule has 0 amide bonds. The molecule has 0 aromatic carbocycles. The topological polar surface area (TPSA) is 55.1 Å². The van der Waals surface area contributed by atoms with Crippen molar-refractivity contribution in [3.8, 4) is 10.6 Å². The van der Waals surface area contributed by atoms with Gasteiger partial charge >= 0.3 is 5.97 Å². The number of hydrogen-bond acceptors (Lipinski definition) is 3. The third-order valence-electron chi connectivity index (χ3n) is 1.97. The van der Waals surface area contributed by atoms with Gasteiger partial charge in [0.1, 0.15) is 5.56 Å². The van der Waals surface area contributed by atoms with Crippen LogP contribution in [0.3, 0.4) is 0 Å². The molecule has 2 rings (SSSR count). The highest BCUT2D eigenvalue weighted by Gasteiger charge is 2.17. The predicted molar refractivity (Wildman–Crippen MR) is 58.5 cm³/mol. The van der Waals surface area contributed by atoms with Gasteiger partial charge in [-0.3, -0.25) is 4.68 Å². The van der Waals surface area contributed by atoms with Crippen LogP contribution in [0.5, 0.6) is 0 Å². The average molecular weight is 243 g/mol. The second-order valence-corrected chi connectivity index (χ2v) is 4.31. The van der Waals surface area contributed by atoms with Crippen LogP contribution in [0.25, 0.3) is 10.6 Å². The van der Waals surface area contributed by atoms with Crippen molar-refractivity contribution in [2.45, 2.75) is 0 Å². The molecule has 0 unspecified atom stereocenters. The molecule has 0 atom stereocenters. The summed E-state index contributed by atoms with van der Waals surface area (Å²) in [6, 6.07) is 1.73. The number of carboxylic acids is 1. The number of thiophene rings is 1. The molecule has 0 spiro atoms. The summed E-state index contributed by atoms with van der Waals surface area (Å²) in [6.07, 6.45) is 1.34. The third kappa shape index (κ3) is 1.75. The molecule has 6 heteroatoms. The van der Waals surface area contributed by atoms with E-state index in [1.165, 1.54) is 22.2 Å². The summed E-state index contributed by atoms with van der Waals surface area (Å²) < 4.78 is 1.53. The number of halogens is 1. The van der Waals surface area contributed by atoms with E-state index in [-0.39, 0.29) is 5.56 Å². The zero-order chi connectivity index (χ0) is 11.0. The Kier molecular flexibility index (Phi) is 2.50. The van der Waals surface area contributed by atoms with Crippen LogP contribution in [-0.2, 0) is 7.05 Å². The predicted octanol–water partition coefficient (Wildman–Crippen LogP) is 2.50. The molecule has 2 heterocycles. The van der Waals surface area contributed by atoms with Crippen molar-refractivity contribution in [1.29, 1.82) is 0 Å². The summed E-state index contributed by atoms with van der Waals surface area (Å²) in [5.74, 6) is -0.984. The quantitative estimate of drug-likeness (QED) is 0.880. The summed E-state index contributed by atoms with van der Waals surface area (Å²) in [6.45, 7) is 0. The molecular formula is C9H7ClN2O2S. The van der Waals surface area contributed by atoms with Crippen LogP contribution in [0.4, 0.5) is 0 Å². The van der Waals surface area contributed by atoms with Gasteiger partial charge in [0.15, 0.2) is 0 Å². The van der Waals surface area contributed by atoms with Crippen molar-refractivity contribution in [2.24, 2.45) is 7.05 Å². The van der Waals surface area contributed by atoms with E-state index in [0.717, 1.165) is 4.88 Å². The van der Waals surface area contributed by atoms with Gasteiger partial charge in [0.2, 0.25) is 0 Å². The van der Waals surface area contributed by atoms with Gasteiger partial charge in [0.05, 0.1) is 21.8 Å². The Morgan fingerprint density at radius 2 is 2.40 bits per heavy atom. The van der Waals surface area contributed by atoms with Gasteiger partial charge in [0.25, 0.3) is 0 Å². The molecular weight excluding hydrogens is 236 g/mol. The van der Waals surface area contributed by atoms with E-state index in [0.29, 0.717) is 10.7 Å². The number of aromatic nitrogens is 2. The Labute approximate surface area is 94.7 Å². The Balaban J connectivity index is 2.60. The van der Waals surface area contributed by atoms with Gasteiger partial charge in [-0.25, -0.2) is 4.79 Å². The van der Waals surface area contributed by atoms with Crippen LogP contribution < -0.4 is 0 Å². The van der Waals surface area contributed by atoms with E-state index in [1.54, 1.807) is 18.5 Å². The van der Waals surface area contributed by atoms with Crippen molar-refractivity contribution in [1.82, 2.24) is 9.78 Å². The highest BCUT2D eigenvalue weighted by atomic mass is 35.5. The Hall–Kier alpha value is -1.33. The van der Waals surface area contributed by atoms with Gasteiger partial charge in [-0.05, 0) is 6.07 Å². The normalized spacial score (nSPS) is 10.5. The molecule has 0 aliphatic heterocycles. The molecule has 1 N–H and O–H groups in total. The SMILES string of the molecule is Cn1ncc(C(=O)O)c1-c1cc(Cl)cs1. The Bertz CT molecular complexity index is 518. The maximum absolute atomic E-state index is 10.9. The van der Waals surface area contributed by atoms with Gasteiger partial charge in [-0.15, -0.1) is 11.3 Å². The lowest BCUT2D eigenvalue weighted by molar-refractivity contribution is 0.0697. The molecule has 0 aliphatic rings. The van der Waals surface area contributed by atoms with E-state index < -0.39 is 5.97 Å². The Morgan fingerprint density at radius 1 is 1.67 bits per heavy atom. The highest BCUT2D eigenvalue weighted by molar-refractivity contribution is 7.14. The minimum Gasteiger partial charge on any atom is -0.478 e. The minimum atomic E-state index is -0.984. The number of hydrogen-bond donors (Lipinski definition) is 1. The fourth-order valence-electron chi connectivity index (χ4n) is 1.32. The number of carbonyl (C=O) groups is 1. The lowest BCUT2D eigenvalue weighted by atomic mass is 10.2. The van der Waals surface area contributed by atoms with Crippen LogP contribution in [0.1, 0.15) is 10.4 Å². The first-order chi connectivity index (χ1) is 7.09. The van der Waals surface area contributed by atoms with E-state index >= 15 is 0 Å². The molecule has 0 saturated heterocycles. The van der Waals surface area contributed by atoms with Crippen LogP contribution in [0, 0.1) is 0 Å². The Morgan fingerprint density at radius 3 is 2.93 bits per heavy atom. The molecule has 0 saturated carbocycles. The molecule has 0 bridgehead atoms. The lowest BCUT2D eigenvalue weighted by Gasteiger charge is -1.99. The van der Waals surface area contributed by atoms with Crippen molar-refractivity contribution in [2.75, 3.05) is 0 Å². The minimum absolute atomic E-state index is 0.191. The average Bonchev–Trinajstić information content (AvgIpc) is 2.71. The molecule has 2 aromatic heterocycles.